The van der Waals surface area contributed by atoms with E-state index in [1.54, 1.807) is 6.07 Å². The SMILES string of the molecule is CC(CC(CN)C(=O)O)C(C)c1cccc(OC(F)(F)F)c1. The average molecular weight is 319 g/mol. The molecular weight excluding hydrogens is 299 g/mol. The summed E-state index contributed by atoms with van der Waals surface area (Å²) in [6, 6.07) is 5.74. The molecule has 0 saturated heterocycles. The van der Waals surface area contributed by atoms with Gasteiger partial charge < -0.3 is 15.6 Å². The maximum Gasteiger partial charge on any atom is 0.573 e. The number of halogens is 3. The largest absolute Gasteiger partial charge is 0.573 e. The van der Waals surface area contributed by atoms with Gasteiger partial charge in [-0.3, -0.25) is 4.79 Å². The molecule has 22 heavy (non-hydrogen) atoms. The maximum atomic E-state index is 12.2. The van der Waals surface area contributed by atoms with Crippen molar-refractivity contribution in [2.75, 3.05) is 6.54 Å². The molecule has 0 amide bonds. The Morgan fingerprint density at radius 1 is 1.36 bits per heavy atom. The second kappa shape index (κ2) is 7.49. The first-order valence-corrected chi connectivity index (χ1v) is 6.92. The number of carboxylic acids is 1. The molecule has 1 aromatic carbocycles. The number of rotatable bonds is 7. The van der Waals surface area contributed by atoms with Crippen LogP contribution in [0.3, 0.4) is 0 Å². The predicted octanol–water partition coefficient (Wildman–Crippen LogP) is 3.37. The topological polar surface area (TPSA) is 72.6 Å². The lowest BCUT2D eigenvalue weighted by Crippen LogP contribution is -2.26. The number of carboxylic acid groups (broad SMARTS) is 1. The van der Waals surface area contributed by atoms with E-state index in [0.29, 0.717) is 12.0 Å². The molecule has 0 spiro atoms. The van der Waals surface area contributed by atoms with Crippen molar-refractivity contribution in [3.05, 3.63) is 29.8 Å². The van der Waals surface area contributed by atoms with Crippen LogP contribution in [0.25, 0.3) is 0 Å². The van der Waals surface area contributed by atoms with Crippen molar-refractivity contribution in [2.45, 2.75) is 32.5 Å². The monoisotopic (exact) mass is 319 g/mol. The van der Waals surface area contributed by atoms with Gasteiger partial charge in [-0.1, -0.05) is 26.0 Å². The van der Waals surface area contributed by atoms with Crippen molar-refractivity contribution in [1.82, 2.24) is 0 Å². The highest BCUT2D eigenvalue weighted by atomic mass is 19.4. The van der Waals surface area contributed by atoms with Gasteiger partial charge in [-0.05, 0) is 36.0 Å². The molecule has 0 saturated carbocycles. The Hall–Kier alpha value is -1.76. The van der Waals surface area contributed by atoms with Crippen LogP contribution in [0.15, 0.2) is 24.3 Å². The lowest BCUT2D eigenvalue weighted by Gasteiger charge is -2.23. The Labute approximate surface area is 127 Å². The zero-order chi connectivity index (χ0) is 16.9. The Bertz CT molecular complexity index is 505. The minimum atomic E-state index is -4.73. The molecule has 0 aliphatic carbocycles. The van der Waals surface area contributed by atoms with Gasteiger partial charge in [0.1, 0.15) is 5.75 Å². The summed E-state index contributed by atoms with van der Waals surface area (Å²) in [4.78, 5) is 11.0. The van der Waals surface area contributed by atoms with Gasteiger partial charge >= 0.3 is 12.3 Å². The van der Waals surface area contributed by atoms with E-state index < -0.39 is 18.2 Å². The molecule has 0 aromatic heterocycles. The predicted molar refractivity (Wildman–Crippen MR) is 75.5 cm³/mol. The van der Waals surface area contributed by atoms with E-state index in [1.807, 2.05) is 13.8 Å². The number of aliphatic carboxylic acids is 1. The van der Waals surface area contributed by atoms with Gasteiger partial charge in [0.15, 0.2) is 0 Å². The van der Waals surface area contributed by atoms with E-state index in [0.717, 1.165) is 0 Å². The summed E-state index contributed by atoms with van der Waals surface area (Å²) in [6.07, 6.45) is -4.38. The van der Waals surface area contributed by atoms with Crippen LogP contribution in [0.4, 0.5) is 13.2 Å². The molecule has 3 N–H and O–H groups in total. The molecule has 3 atom stereocenters. The van der Waals surface area contributed by atoms with Crippen LogP contribution >= 0.6 is 0 Å². The van der Waals surface area contributed by atoms with E-state index in [2.05, 4.69) is 4.74 Å². The molecule has 0 fully saturated rings. The number of ether oxygens (including phenoxy) is 1. The summed E-state index contributed by atoms with van der Waals surface area (Å²) in [7, 11) is 0. The van der Waals surface area contributed by atoms with Gasteiger partial charge in [-0.2, -0.15) is 0 Å². The standard InChI is InChI=1S/C15H20F3NO3/c1-9(6-12(8-19)14(20)21)10(2)11-4-3-5-13(7-11)22-15(16,17)18/h3-5,7,9-10,12H,6,8,19H2,1-2H3,(H,20,21). The Kier molecular flexibility index (Phi) is 6.22. The van der Waals surface area contributed by atoms with Crippen LogP contribution in [0.5, 0.6) is 5.75 Å². The van der Waals surface area contributed by atoms with Crippen LogP contribution in [0.1, 0.15) is 31.7 Å². The number of hydrogen-bond acceptors (Lipinski definition) is 3. The molecule has 0 bridgehead atoms. The summed E-state index contributed by atoms with van der Waals surface area (Å²) in [6.45, 7) is 3.73. The van der Waals surface area contributed by atoms with Gasteiger partial charge in [0.05, 0.1) is 5.92 Å². The number of nitrogens with two attached hydrogens (primary N) is 1. The highest BCUT2D eigenvalue weighted by molar-refractivity contribution is 5.70. The molecular formula is C15H20F3NO3. The highest BCUT2D eigenvalue weighted by Gasteiger charge is 2.31. The second-order valence-corrected chi connectivity index (χ2v) is 5.39. The summed E-state index contributed by atoms with van der Waals surface area (Å²) >= 11 is 0. The van der Waals surface area contributed by atoms with Crippen molar-refractivity contribution in [3.8, 4) is 5.75 Å². The van der Waals surface area contributed by atoms with E-state index in [-0.39, 0.29) is 24.1 Å². The molecule has 0 heterocycles. The highest BCUT2D eigenvalue weighted by Crippen LogP contribution is 2.32. The van der Waals surface area contributed by atoms with Gasteiger partial charge in [0.25, 0.3) is 0 Å². The Balaban J connectivity index is 2.82. The number of alkyl halides is 3. The molecule has 4 nitrogen and oxygen atoms in total. The summed E-state index contributed by atoms with van der Waals surface area (Å²) in [5.74, 6) is -2.07. The first-order valence-electron chi connectivity index (χ1n) is 6.92. The van der Waals surface area contributed by atoms with Crippen LogP contribution < -0.4 is 10.5 Å². The Morgan fingerprint density at radius 2 is 2.00 bits per heavy atom. The van der Waals surface area contributed by atoms with Crippen molar-refractivity contribution in [1.29, 1.82) is 0 Å². The molecule has 0 aliphatic rings. The molecule has 0 aliphatic heterocycles. The van der Waals surface area contributed by atoms with Crippen molar-refractivity contribution in [2.24, 2.45) is 17.6 Å². The second-order valence-electron chi connectivity index (χ2n) is 5.39. The fraction of sp³-hybridized carbons (Fsp3) is 0.533. The normalized spacial score (nSPS) is 15.9. The third-order valence-electron chi connectivity index (χ3n) is 3.76. The smallest absolute Gasteiger partial charge is 0.481 e. The van der Waals surface area contributed by atoms with Crippen molar-refractivity contribution in [3.63, 3.8) is 0 Å². The summed E-state index contributed by atoms with van der Waals surface area (Å²) in [5.41, 5.74) is 6.09. The van der Waals surface area contributed by atoms with E-state index in [1.165, 1.54) is 18.2 Å². The van der Waals surface area contributed by atoms with Crippen LogP contribution in [0.2, 0.25) is 0 Å². The minimum absolute atomic E-state index is 0.0314. The lowest BCUT2D eigenvalue weighted by atomic mass is 9.83. The fourth-order valence-electron chi connectivity index (χ4n) is 2.27. The zero-order valence-electron chi connectivity index (χ0n) is 12.4. The van der Waals surface area contributed by atoms with Crippen LogP contribution in [-0.2, 0) is 4.79 Å². The van der Waals surface area contributed by atoms with Gasteiger partial charge in [0.2, 0.25) is 0 Å². The number of hydrogen-bond donors (Lipinski definition) is 2. The summed E-state index contributed by atoms with van der Waals surface area (Å²) < 4.78 is 40.6. The molecule has 3 unspecified atom stereocenters. The van der Waals surface area contributed by atoms with Gasteiger partial charge in [0, 0.05) is 6.54 Å². The summed E-state index contributed by atoms with van der Waals surface area (Å²) in [5, 5.41) is 9.02. The molecule has 7 heteroatoms. The molecule has 0 radical (unpaired) electrons. The van der Waals surface area contributed by atoms with E-state index in [9.17, 15) is 18.0 Å². The number of benzene rings is 1. The first-order chi connectivity index (χ1) is 10.1. The third-order valence-corrected chi connectivity index (χ3v) is 3.76. The van der Waals surface area contributed by atoms with Crippen molar-refractivity contribution < 1.29 is 27.8 Å². The van der Waals surface area contributed by atoms with Crippen LogP contribution in [0, 0.1) is 11.8 Å². The fourth-order valence-corrected chi connectivity index (χ4v) is 2.27. The number of carbonyl (C=O) groups is 1. The quantitative estimate of drug-likeness (QED) is 0.808. The van der Waals surface area contributed by atoms with Gasteiger partial charge in [-0.25, -0.2) is 0 Å². The third kappa shape index (κ3) is 5.55. The zero-order valence-corrected chi connectivity index (χ0v) is 12.4. The Morgan fingerprint density at radius 3 is 2.50 bits per heavy atom. The van der Waals surface area contributed by atoms with Crippen molar-refractivity contribution >= 4 is 5.97 Å². The van der Waals surface area contributed by atoms with E-state index in [4.69, 9.17) is 10.8 Å². The van der Waals surface area contributed by atoms with E-state index >= 15 is 0 Å². The molecule has 124 valence electrons. The molecule has 1 aromatic rings. The minimum Gasteiger partial charge on any atom is -0.481 e. The maximum absolute atomic E-state index is 12.2. The van der Waals surface area contributed by atoms with Crippen LogP contribution in [-0.4, -0.2) is 24.0 Å². The first kappa shape index (κ1) is 18.3. The lowest BCUT2D eigenvalue weighted by molar-refractivity contribution is -0.274. The van der Waals surface area contributed by atoms with Gasteiger partial charge in [-0.15, -0.1) is 13.2 Å². The average Bonchev–Trinajstić information content (AvgIpc) is 2.41. The molecule has 1 rings (SSSR count).